The average Bonchev–Trinajstić information content (AvgIpc) is 2.30. The Balaban J connectivity index is 2.07. The number of nitrogens with zero attached hydrogens (tertiary/aromatic N) is 1. The molecule has 0 radical (unpaired) electrons. The van der Waals surface area contributed by atoms with Crippen molar-refractivity contribution in [3.8, 4) is 6.07 Å². The highest BCUT2D eigenvalue weighted by Gasteiger charge is 2.24. The lowest BCUT2D eigenvalue weighted by Crippen LogP contribution is -2.36. The van der Waals surface area contributed by atoms with Gasteiger partial charge in [-0.05, 0) is 44.9 Å². The zero-order valence-electron chi connectivity index (χ0n) is 10.6. The third-order valence-corrected chi connectivity index (χ3v) is 3.47. The van der Waals surface area contributed by atoms with Crippen LogP contribution in [0, 0.1) is 11.3 Å². The molecule has 96 valence electrons. The Hall–Kier alpha value is -1.24. The zero-order valence-corrected chi connectivity index (χ0v) is 11.4. The predicted molar refractivity (Wildman–Crippen MR) is 72.8 cm³/mol. The van der Waals surface area contributed by atoms with Gasteiger partial charge < -0.3 is 10.1 Å². The largest absolute Gasteiger partial charge is 0.381 e. The van der Waals surface area contributed by atoms with Crippen LogP contribution < -0.4 is 5.32 Å². The molecular formula is C14H17ClN2O. The van der Waals surface area contributed by atoms with Gasteiger partial charge in [-0.15, -0.1) is 0 Å². The van der Waals surface area contributed by atoms with Gasteiger partial charge in [0.25, 0.3) is 0 Å². The Kier molecular flexibility index (Phi) is 4.11. The predicted octanol–water partition coefficient (Wildman–Crippen LogP) is 3.58. The number of ether oxygens (including phenoxy) is 1. The summed E-state index contributed by atoms with van der Waals surface area (Å²) in [5.74, 6) is 0. The second-order valence-corrected chi connectivity index (χ2v) is 5.28. The first-order valence-corrected chi connectivity index (χ1v) is 6.58. The van der Waals surface area contributed by atoms with E-state index in [-0.39, 0.29) is 12.2 Å². The summed E-state index contributed by atoms with van der Waals surface area (Å²) in [6.07, 6.45) is 2.48. The van der Waals surface area contributed by atoms with Crippen molar-refractivity contribution in [1.82, 2.24) is 0 Å². The van der Waals surface area contributed by atoms with Crippen molar-refractivity contribution in [1.29, 1.82) is 5.26 Å². The molecule has 1 saturated heterocycles. The summed E-state index contributed by atoms with van der Waals surface area (Å²) in [5.41, 5.74) is 1.47. The van der Waals surface area contributed by atoms with Gasteiger partial charge in [-0.3, -0.25) is 0 Å². The van der Waals surface area contributed by atoms with E-state index in [2.05, 4.69) is 25.2 Å². The summed E-state index contributed by atoms with van der Waals surface area (Å²) in [4.78, 5) is 0. The first-order valence-electron chi connectivity index (χ1n) is 6.20. The standard InChI is InChI=1S/C14H17ClN2O/c1-9-5-12(6-10(2)18-9)17-14-4-3-11(8-16)7-13(14)15/h3-4,7,9-10,12,17H,5-6H2,1-2H3. The molecule has 0 aromatic heterocycles. The van der Waals surface area contributed by atoms with E-state index in [1.807, 2.05) is 6.07 Å². The van der Waals surface area contributed by atoms with Gasteiger partial charge in [0.05, 0.1) is 34.6 Å². The molecule has 2 rings (SSSR count). The SMILES string of the molecule is CC1CC(Nc2ccc(C#N)cc2Cl)CC(C)O1. The van der Waals surface area contributed by atoms with E-state index in [0.29, 0.717) is 16.6 Å². The Morgan fingerprint density at radius 3 is 2.56 bits per heavy atom. The van der Waals surface area contributed by atoms with Crippen LogP contribution in [0.1, 0.15) is 32.3 Å². The van der Waals surface area contributed by atoms with Crippen molar-refractivity contribution in [2.45, 2.75) is 44.9 Å². The van der Waals surface area contributed by atoms with Crippen LogP contribution in [0.25, 0.3) is 0 Å². The molecule has 0 saturated carbocycles. The topological polar surface area (TPSA) is 45.0 Å². The van der Waals surface area contributed by atoms with Crippen LogP contribution in [0.3, 0.4) is 0 Å². The van der Waals surface area contributed by atoms with Crippen LogP contribution in [0.5, 0.6) is 0 Å². The molecular weight excluding hydrogens is 248 g/mol. The normalized spacial score (nSPS) is 27.6. The summed E-state index contributed by atoms with van der Waals surface area (Å²) in [6.45, 7) is 4.18. The van der Waals surface area contributed by atoms with Gasteiger partial charge in [0, 0.05) is 6.04 Å². The molecule has 1 aromatic carbocycles. The highest BCUT2D eigenvalue weighted by molar-refractivity contribution is 6.33. The van der Waals surface area contributed by atoms with Crippen molar-refractivity contribution in [3.05, 3.63) is 28.8 Å². The van der Waals surface area contributed by atoms with E-state index in [4.69, 9.17) is 21.6 Å². The molecule has 1 aliphatic heterocycles. The minimum absolute atomic E-state index is 0.267. The van der Waals surface area contributed by atoms with Gasteiger partial charge in [-0.25, -0.2) is 0 Å². The first-order chi connectivity index (χ1) is 8.58. The van der Waals surface area contributed by atoms with E-state index in [0.717, 1.165) is 18.5 Å². The Morgan fingerprint density at radius 2 is 2.00 bits per heavy atom. The molecule has 1 aromatic rings. The van der Waals surface area contributed by atoms with Crippen LogP contribution in [0.4, 0.5) is 5.69 Å². The summed E-state index contributed by atoms with van der Waals surface area (Å²) in [5, 5.41) is 12.8. The molecule has 1 N–H and O–H groups in total. The molecule has 0 aliphatic carbocycles. The molecule has 0 spiro atoms. The minimum atomic E-state index is 0.267. The number of benzene rings is 1. The van der Waals surface area contributed by atoms with E-state index in [1.165, 1.54) is 0 Å². The third kappa shape index (κ3) is 3.16. The molecule has 2 unspecified atom stereocenters. The average molecular weight is 265 g/mol. The number of anilines is 1. The maximum Gasteiger partial charge on any atom is 0.0992 e. The maximum atomic E-state index is 8.80. The van der Waals surface area contributed by atoms with Gasteiger partial charge in [-0.1, -0.05) is 11.6 Å². The molecule has 2 atom stereocenters. The van der Waals surface area contributed by atoms with Crippen molar-refractivity contribution >= 4 is 17.3 Å². The molecule has 18 heavy (non-hydrogen) atoms. The van der Waals surface area contributed by atoms with Gasteiger partial charge in [0.1, 0.15) is 0 Å². The molecule has 0 bridgehead atoms. The molecule has 4 heteroatoms. The van der Waals surface area contributed by atoms with Gasteiger partial charge >= 0.3 is 0 Å². The van der Waals surface area contributed by atoms with Crippen molar-refractivity contribution in [2.24, 2.45) is 0 Å². The summed E-state index contributed by atoms with van der Waals surface area (Å²) in [7, 11) is 0. The van der Waals surface area contributed by atoms with Crippen LogP contribution in [0.15, 0.2) is 18.2 Å². The van der Waals surface area contributed by atoms with Crippen LogP contribution in [-0.4, -0.2) is 18.2 Å². The summed E-state index contributed by atoms with van der Waals surface area (Å²) in [6, 6.07) is 7.79. The molecule has 3 nitrogen and oxygen atoms in total. The van der Waals surface area contributed by atoms with Crippen molar-refractivity contribution in [3.63, 3.8) is 0 Å². The highest BCUT2D eigenvalue weighted by atomic mass is 35.5. The van der Waals surface area contributed by atoms with E-state index in [1.54, 1.807) is 12.1 Å². The first kappa shape index (κ1) is 13.2. The Morgan fingerprint density at radius 1 is 1.33 bits per heavy atom. The van der Waals surface area contributed by atoms with Gasteiger partial charge in [0.15, 0.2) is 0 Å². The number of nitriles is 1. The monoisotopic (exact) mass is 264 g/mol. The second-order valence-electron chi connectivity index (χ2n) is 4.88. The summed E-state index contributed by atoms with van der Waals surface area (Å²) >= 11 is 6.16. The number of rotatable bonds is 2. The fraction of sp³-hybridized carbons (Fsp3) is 0.500. The summed E-state index contributed by atoms with van der Waals surface area (Å²) < 4.78 is 5.70. The van der Waals surface area contributed by atoms with E-state index < -0.39 is 0 Å². The van der Waals surface area contributed by atoms with Crippen molar-refractivity contribution in [2.75, 3.05) is 5.32 Å². The minimum Gasteiger partial charge on any atom is -0.381 e. The van der Waals surface area contributed by atoms with E-state index >= 15 is 0 Å². The number of hydrogen-bond acceptors (Lipinski definition) is 3. The quantitative estimate of drug-likeness (QED) is 0.888. The van der Waals surface area contributed by atoms with Crippen LogP contribution >= 0.6 is 11.6 Å². The molecule has 1 heterocycles. The Labute approximate surface area is 113 Å². The zero-order chi connectivity index (χ0) is 13.1. The lowest BCUT2D eigenvalue weighted by atomic mass is 9.99. The van der Waals surface area contributed by atoms with Gasteiger partial charge in [0.2, 0.25) is 0 Å². The third-order valence-electron chi connectivity index (χ3n) is 3.16. The number of hydrogen-bond donors (Lipinski definition) is 1. The Bertz CT molecular complexity index is 459. The molecule has 0 amide bonds. The van der Waals surface area contributed by atoms with Gasteiger partial charge in [-0.2, -0.15) is 5.26 Å². The lowest BCUT2D eigenvalue weighted by molar-refractivity contribution is -0.0337. The second kappa shape index (κ2) is 5.60. The maximum absolute atomic E-state index is 8.80. The highest BCUT2D eigenvalue weighted by Crippen LogP contribution is 2.27. The van der Waals surface area contributed by atoms with Crippen LogP contribution in [0.2, 0.25) is 5.02 Å². The number of halogens is 1. The van der Waals surface area contributed by atoms with Crippen LogP contribution in [-0.2, 0) is 4.74 Å². The lowest BCUT2D eigenvalue weighted by Gasteiger charge is -2.33. The number of nitrogens with one attached hydrogen (secondary N) is 1. The van der Waals surface area contributed by atoms with E-state index in [9.17, 15) is 0 Å². The fourth-order valence-electron chi connectivity index (χ4n) is 2.44. The van der Waals surface area contributed by atoms with Crippen molar-refractivity contribution < 1.29 is 4.74 Å². The fourth-order valence-corrected chi connectivity index (χ4v) is 2.68. The smallest absolute Gasteiger partial charge is 0.0992 e. The molecule has 1 fully saturated rings. The molecule has 1 aliphatic rings.